The lowest BCUT2D eigenvalue weighted by Crippen LogP contribution is -2.15. The van der Waals surface area contributed by atoms with E-state index in [9.17, 15) is 5.11 Å². The van der Waals surface area contributed by atoms with Crippen LogP contribution < -0.4 is 0 Å². The number of aliphatic hydroxyl groups is 1. The molecule has 1 aliphatic rings. The van der Waals surface area contributed by atoms with E-state index >= 15 is 0 Å². The first-order valence-electron chi connectivity index (χ1n) is 5.88. The van der Waals surface area contributed by atoms with Crippen molar-refractivity contribution in [3.8, 4) is 0 Å². The summed E-state index contributed by atoms with van der Waals surface area (Å²) >= 11 is 0. The molecule has 0 spiro atoms. The zero-order valence-corrected chi connectivity index (χ0v) is 9.67. The van der Waals surface area contributed by atoms with Gasteiger partial charge in [-0.05, 0) is 32.3 Å². The van der Waals surface area contributed by atoms with E-state index in [1.54, 1.807) is 0 Å². The molecule has 17 heavy (non-hydrogen) atoms. The Labute approximate surface area is 98.7 Å². The van der Waals surface area contributed by atoms with Gasteiger partial charge in [0.15, 0.2) is 5.82 Å². The van der Waals surface area contributed by atoms with Crippen molar-refractivity contribution < 1.29 is 5.11 Å². The monoisotopic (exact) mass is 233 g/mol. The highest BCUT2D eigenvalue weighted by Crippen LogP contribution is 2.32. The molecule has 0 aliphatic heterocycles. The molecule has 6 heteroatoms. The Morgan fingerprint density at radius 3 is 3.24 bits per heavy atom. The second-order valence-corrected chi connectivity index (χ2v) is 4.48. The number of fused-ring (bicyclic) bond motifs is 1. The molecule has 2 aromatic rings. The van der Waals surface area contributed by atoms with Crippen LogP contribution in [0.5, 0.6) is 0 Å². The van der Waals surface area contributed by atoms with Gasteiger partial charge in [-0.1, -0.05) is 5.21 Å². The maximum atomic E-state index is 9.92. The van der Waals surface area contributed by atoms with Gasteiger partial charge in [0.25, 0.3) is 0 Å². The number of hydrogen-bond donors (Lipinski definition) is 2. The van der Waals surface area contributed by atoms with Crippen molar-refractivity contribution in [1.29, 1.82) is 0 Å². The molecule has 2 atom stereocenters. The second kappa shape index (κ2) is 3.96. The topological polar surface area (TPSA) is 79.6 Å². The Bertz CT molecular complexity index is 504. The lowest BCUT2D eigenvalue weighted by molar-refractivity contribution is 0.155. The quantitative estimate of drug-likeness (QED) is 0.810. The summed E-state index contributed by atoms with van der Waals surface area (Å²) < 4.78 is 2.13. The number of rotatable bonds is 2. The van der Waals surface area contributed by atoms with Crippen molar-refractivity contribution in [2.45, 2.75) is 38.3 Å². The van der Waals surface area contributed by atoms with Crippen LogP contribution in [0, 0.1) is 0 Å². The maximum Gasteiger partial charge on any atom is 0.196 e. The van der Waals surface area contributed by atoms with E-state index in [0.29, 0.717) is 5.82 Å². The van der Waals surface area contributed by atoms with Crippen LogP contribution in [0.15, 0.2) is 12.3 Å². The molecule has 2 N–H and O–H groups in total. The summed E-state index contributed by atoms with van der Waals surface area (Å²) in [5, 5.41) is 24.0. The highest BCUT2D eigenvalue weighted by Gasteiger charge is 2.24. The van der Waals surface area contributed by atoms with Gasteiger partial charge >= 0.3 is 0 Å². The number of hydrogen-bond acceptors (Lipinski definition) is 4. The normalized spacial score (nSPS) is 21.2. The first-order valence-corrected chi connectivity index (χ1v) is 5.88. The third-order valence-corrected chi connectivity index (χ3v) is 3.46. The minimum atomic E-state index is -0.322. The molecule has 3 rings (SSSR count). The summed E-state index contributed by atoms with van der Waals surface area (Å²) in [6.45, 7) is 2.03. The Kier molecular flexibility index (Phi) is 2.44. The van der Waals surface area contributed by atoms with Gasteiger partial charge in [0.05, 0.1) is 12.1 Å². The molecule has 0 saturated heterocycles. The van der Waals surface area contributed by atoms with Gasteiger partial charge in [-0.3, -0.25) is 0 Å². The van der Waals surface area contributed by atoms with Crippen LogP contribution in [0.1, 0.15) is 49.0 Å². The number of nitrogens with zero attached hydrogens (tertiary/aromatic N) is 4. The van der Waals surface area contributed by atoms with Gasteiger partial charge in [0.1, 0.15) is 0 Å². The first kappa shape index (κ1) is 10.5. The molecular weight excluding hydrogens is 218 g/mol. The predicted molar refractivity (Wildman–Crippen MR) is 60.3 cm³/mol. The van der Waals surface area contributed by atoms with Crippen LogP contribution >= 0.6 is 0 Å². The summed E-state index contributed by atoms with van der Waals surface area (Å²) in [4.78, 5) is 0. The summed E-state index contributed by atoms with van der Waals surface area (Å²) in [5.41, 5.74) is 2.24. The second-order valence-electron chi connectivity index (χ2n) is 4.48. The number of aromatic nitrogens is 5. The molecule has 0 fully saturated rings. The summed E-state index contributed by atoms with van der Waals surface area (Å²) in [6.07, 6.45) is 4.56. The zero-order chi connectivity index (χ0) is 11.8. The summed E-state index contributed by atoms with van der Waals surface area (Å²) in [6, 6.07) is 2.04. The van der Waals surface area contributed by atoms with Crippen molar-refractivity contribution >= 4 is 0 Å². The van der Waals surface area contributed by atoms with Crippen LogP contribution in [0.3, 0.4) is 0 Å². The molecule has 1 aliphatic carbocycles. The van der Waals surface area contributed by atoms with Gasteiger partial charge in [0, 0.05) is 17.5 Å². The zero-order valence-electron chi connectivity index (χ0n) is 9.67. The molecule has 0 aromatic carbocycles. The smallest absolute Gasteiger partial charge is 0.196 e. The minimum Gasteiger partial charge on any atom is -0.388 e. The van der Waals surface area contributed by atoms with Gasteiger partial charge in [-0.15, -0.1) is 10.2 Å². The molecule has 0 bridgehead atoms. The standard InChI is InChI=1S/C11H15N5O/c1-7(11-12-14-15-13-11)16-6-5-8-9(16)3-2-4-10(8)17/h5-7,10,17H,2-4H2,1H3,(H,12,13,14,15). The molecule has 0 radical (unpaired) electrons. The van der Waals surface area contributed by atoms with Gasteiger partial charge < -0.3 is 9.67 Å². The SMILES string of the molecule is CC(c1nn[nH]n1)n1ccc2c1CCCC2O. The molecule has 6 nitrogen and oxygen atoms in total. The molecule has 0 saturated carbocycles. The Balaban J connectivity index is 1.99. The van der Waals surface area contributed by atoms with E-state index in [-0.39, 0.29) is 12.1 Å². The van der Waals surface area contributed by atoms with Crippen molar-refractivity contribution in [2.24, 2.45) is 0 Å². The lowest BCUT2D eigenvalue weighted by Gasteiger charge is -2.22. The van der Waals surface area contributed by atoms with E-state index < -0.39 is 0 Å². The minimum absolute atomic E-state index is 0.0443. The average molecular weight is 233 g/mol. The summed E-state index contributed by atoms with van der Waals surface area (Å²) in [5.74, 6) is 0.670. The van der Waals surface area contributed by atoms with E-state index in [4.69, 9.17) is 0 Å². The molecule has 90 valence electrons. The van der Waals surface area contributed by atoms with Crippen molar-refractivity contribution in [2.75, 3.05) is 0 Å². The Hall–Kier alpha value is -1.69. The van der Waals surface area contributed by atoms with Crippen molar-refractivity contribution in [3.63, 3.8) is 0 Å². The number of tetrazole rings is 1. The van der Waals surface area contributed by atoms with E-state index in [2.05, 4.69) is 25.2 Å². The average Bonchev–Trinajstić information content (AvgIpc) is 2.98. The van der Waals surface area contributed by atoms with Gasteiger partial charge in [0.2, 0.25) is 0 Å². The molecule has 0 amide bonds. The third kappa shape index (κ3) is 1.64. The van der Waals surface area contributed by atoms with E-state index in [1.807, 2.05) is 19.2 Å². The summed E-state index contributed by atoms with van der Waals surface area (Å²) in [7, 11) is 0. The number of aliphatic hydroxyl groups excluding tert-OH is 1. The molecular formula is C11H15N5O. The largest absolute Gasteiger partial charge is 0.388 e. The fraction of sp³-hybridized carbons (Fsp3) is 0.545. The van der Waals surface area contributed by atoms with Gasteiger partial charge in [-0.2, -0.15) is 5.21 Å². The van der Waals surface area contributed by atoms with Crippen LogP contribution in [-0.4, -0.2) is 30.3 Å². The van der Waals surface area contributed by atoms with Crippen LogP contribution in [0.4, 0.5) is 0 Å². The van der Waals surface area contributed by atoms with E-state index in [0.717, 1.165) is 24.8 Å². The number of nitrogens with one attached hydrogen (secondary N) is 1. The highest BCUT2D eigenvalue weighted by molar-refractivity contribution is 5.28. The third-order valence-electron chi connectivity index (χ3n) is 3.46. The number of H-pyrrole nitrogens is 1. The Morgan fingerprint density at radius 2 is 2.47 bits per heavy atom. The molecule has 2 heterocycles. The predicted octanol–water partition coefficient (Wildman–Crippen LogP) is 0.980. The highest BCUT2D eigenvalue weighted by atomic mass is 16.3. The number of aromatic amines is 1. The van der Waals surface area contributed by atoms with Gasteiger partial charge in [-0.25, -0.2) is 0 Å². The maximum absolute atomic E-state index is 9.92. The molecule has 2 unspecified atom stereocenters. The lowest BCUT2D eigenvalue weighted by atomic mass is 9.95. The molecule has 2 aromatic heterocycles. The van der Waals surface area contributed by atoms with Crippen LogP contribution in [0.2, 0.25) is 0 Å². The first-order chi connectivity index (χ1) is 8.27. The Morgan fingerprint density at radius 1 is 1.59 bits per heavy atom. The van der Waals surface area contributed by atoms with Crippen LogP contribution in [-0.2, 0) is 6.42 Å². The fourth-order valence-electron chi connectivity index (χ4n) is 2.52. The van der Waals surface area contributed by atoms with E-state index in [1.165, 1.54) is 5.69 Å². The fourth-order valence-corrected chi connectivity index (χ4v) is 2.52. The van der Waals surface area contributed by atoms with Crippen molar-refractivity contribution in [3.05, 3.63) is 29.3 Å². The van der Waals surface area contributed by atoms with Crippen LogP contribution in [0.25, 0.3) is 0 Å². The van der Waals surface area contributed by atoms with Crippen molar-refractivity contribution in [1.82, 2.24) is 25.2 Å².